The highest BCUT2D eigenvalue weighted by molar-refractivity contribution is 5.95. The van der Waals surface area contributed by atoms with E-state index in [4.69, 9.17) is 19.9 Å². The number of methoxy groups -OCH3 is 1. The fraction of sp³-hybridized carbons (Fsp3) is 0.538. The number of nitrogen functional groups attached to an aromatic ring is 1. The first-order chi connectivity index (χ1) is 16.7. The van der Waals surface area contributed by atoms with Crippen molar-refractivity contribution in [2.75, 3.05) is 26.1 Å². The molecule has 0 aliphatic carbocycles. The summed E-state index contributed by atoms with van der Waals surface area (Å²) >= 11 is 0. The number of nitrogens with zero attached hydrogens (tertiary/aromatic N) is 4. The molecule has 1 aromatic carbocycles. The molecule has 3 aromatic rings. The first-order valence-corrected chi connectivity index (χ1v) is 12.1. The summed E-state index contributed by atoms with van der Waals surface area (Å²) in [6, 6.07) is 9.46. The van der Waals surface area contributed by atoms with Crippen LogP contribution in [0, 0.1) is 0 Å². The maximum atomic E-state index is 13.3. The number of hydrogen-bond acceptors (Lipinski definition) is 7. The molecule has 0 atom stereocenters. The lowest BCUT2D eigenvalue weighted by molar-refractivity contribution is -0.723. The van der Waals surface area contributed by atoms with E-state index in [2.05, 4.69) is 50.9 Å². The van der Waals surface area contributed by atoms with E-state index in [1.165, 1.54) is 9.20 Å². The number of carbonyl (C=O) groups is 1. The molecule has 0 saturated carbocycles. The van der Waals surface area contributed by atoms with Crippen LogP contribution >= 0.6 is 0 Å². The smallest absolute Gasteiger partial charge is 0.401 e. The Kier molecular flexibility index (Phi) is 8.80. The maximum absolute atomic E-state index is 13.3. The molecule has 2 aromatic heterocycles. The van der Waals surface area contributed by atoms with Gasteiger partial charge in [0.1, 0.15) is 6.10 Å². The summed E-state index contributed by atoms with van der Waals surface area (Å²) in [6.07, 6.45) is 1.86. The van der Waals surface area contributed by atoms with Crippen LogP contribution in [0.3, 0.4) is 0 Å². The number of nitrogens with two attached hydrogens (primary N) is 1. The minimum absolute atomic E-state index is 0.00447. The van der Waals surface area contributed by atoms with Crippen molar-refractivity contribution in [1.82, 2.24) is 14.7 Å². The number of benzene rings is 1. The Bertz CT molecular complexity index is 1150. The Morgan fingerprint density at radius 1 is 1.14 bits per heavy atom. The van der Waals surface area contributed by atoms with Crippen LogP contribution in [-0.4, -0.2) is 46.9 Å². The predicted molar refractivity (Wildman–Crippen MR) is 134 cm³/mol. The van der Waals surface area contributed by atoms with Gasteiger partial charge < -0.3 is 14.2 Å². The number of aromatic nitrogens is 4. The zero-order valence-corrected chi connectivity index (χ0v) is 21.7. The molecule has 35 heavy (non-hydrogen) atoms. The Hall–Kier alpha value is -3.04. The summed E-state index contributed by atoms with van der Waals surface area (Å²) in [4.78, 5) is 13.3. The van der Waals surface area contributed by atoms with Crippen LogP contribution in [0.2, 0.25) is 0 Å². The third-order valence-corrected chi connectivity index (χ3v) is 5.87. The number of Topliss-reactive ketones (excluding diaryl/α,β-unsaturated/α-hetero) is 1. The second-order valence-corrected chi connectivity index (χ2v) is 9.65. The van der Waals surface area contributed by atoms with Gasteiger partial charge in [-0.1, -0.05) is 55.4 Å². The van der Waals surface area contributed by atoms with E-state index in [1.54, 1.807) is 19.2 Å². The topological polar surface area (TPSA) is 105 Å². The fourth-order valence-corrected chi connectivity index (χ4v) is 3.66. The Balaban J connectivity index is 1.85. The van der Waals surface area contributed by atoms with Gasteiger partial charge in [0, 0.05) is 24.8 Å². The number of hydrogen-bond donors (Lipinski definition) is 1. The molecule has 2 N–H and O–H groups in total. The van der Waals surface area contributed by atoms with Crippen LogP contribution in [0.5, 0.6) is 5.88 Å². The molecule has 0 unspecified atom stereocenters. The molecule has 0 bridgehead atoms. The minimum Gasteiger partial charge on any atom is -0.472 e. The van der Waals surface area contributed by atoms with Crippen molar-refractivity contribution in [3.05, 3.63) is 47.0 Å². The molecule has 3 rings (SSSR count). The lowest BCUT2D eigenvalue weighted by atomic mass is 9.84. The zero-order valence-electron chi connectivity index (χ0n) is 21.7. The lowest BCUT2D eigenvalue weighted by Gasteiger charge is -2.21. The summed E-state index contributed by atoms with van der Waals surface area (Å²) in [5.74, 6) is 0.645. The summed E-state index contributed by atoms with van der Waals surface area (Å²) in [5.41, 5.74) is 9.33. The Morgan fingerprint density at radius 2 is 1.89 bits per heavy atom. The van der Waals surface area contributed by atoms with Gasteiger partial charge in [0.15, 0.2) is 12.3 Å². The molecule has 0 spiro atoms. The Morgan fingerprint density at radius 3 is 2.54 bits per heavy atom. The molecule has 9 nitrogen and oxygen atoms in total. The van der Waals surface area contributed by atoms with Crippen LogP contribution in [-0.2, 0) is 28.0 Å². The molecular formula is C26H38N5O4+. The third-order valence-electron chi connectivity index (χ3n) is 5.87. The maximum Gasteiger partial charge on any atom is 0.401 e. The summed E-state index contributed by atoms with van der Waals surface area (Å²) < 4.78 is 19.7. The van der Waals surface area contributed by atoms with Crippen LogP contribution in [0.4, 0.5) is 5.95 Å². The molecule has 0 fully saturated rings. The van der Waals surface area contributed by atoms with E-state index >= 15 is 0 Å². The fourth-order valence-electron chi connectivity index (χ4n) is 3.66. The van der Waals surface area contributed by atoms with Gasteiger partial charge in [0.25, 0.3) is 5.65 Å². The van der Waals surface area contributed by atoms with Gasteiger partial charge in [-0.05, 0) is 41.5 Å². The molecule has 0 radical (unpaired) electrons. The monoisotopic (exact) mass is 484 g/mol. The van der Waals surface area contributed by atoms with Gasteiger partial charge >= 0.3 is 5.95 Å². The molecule has 0 amide bonds. The highest BCUT2D eigenvalue weighted by Gasteiger charge is 2.23. The standard InChI is InChI=1S/C26H37N5O4/c1-7-21(8-2)35-24-10-9-23-28-30(25(27)31(23)29-24)16-22(32)19-13-18(17-34-12-11-33-6)14-20(15-19)26(3,4)5/h9-10,13-15,21,27H,7-8,11-12,16-17H2,1-6H3/p+1. The van der Waals surface area contributed by atoms with Crippen molar-refractivity contribution in [2.45, 2.75) is 72.1 Å². The summed E-state index contributed by atoms with van der Waals surface area (Å²) in [7, 11) is 1.64. The highest BCUT2D eigenvalue weighted by atomic mass is 16.5. The van der Waals surface area contributed by atoms with E-state index in [9.17, 15) is 4.79 Å². The van der Waals surface area contributed by atoms with E-state index in [0.29, 0.717) is 36.9 Å². The van der Waals surface area contributed by atoms with Crippen molar-refractivity contribution >= 4 is 17.4 Å². The first-order valence-electron chi connectivity index (χ1n) is 12.1. The number of carbonyl (C=O) groups excluding carboxylic acids is 1. The molecule has 0 aliphatic rings. The number of ketones is 1. The van der Waals surface area contributed by atoms with Gasteiger partial charge in [0.05, 0.1) is 19.8 Å². The van der Waals surface area contributed by atoms with Crippen LogP contribution in [0.15, 0.2) is 30.3 Å². The van der Waals surface area contributed by atoms with Crippen LogP contribution in [0.25, 0.3) is 5.65 Å². The number of rotatable bonds is 12. The Labute approximate surface area is 207 Å². The van der Waals surface area contributed by atoms with Crippen LogP contribution in [0.1, 0.15) is 68.9 Å². The van der Waals surface area contributed by atoms with Gasteiger partial charge in [-0.3, -0.25) is 10.5 Å². The summed E-state index contributed by atoms with van der Waals surface area (Å²) in [5, 5.41) is 8.95. The first kappa shape index (κ1) is 26.6. The van der Waals surface area contributed by atoms with Crippen molar-refractivity contribution < 1.29 is 23.7 Å². The molecule has 190 valence electrons. The van der Waals surface area contributed by atoms with E-state index in [-0.39, 0.29) is 29.8 Å². The van der Waals surface area contributed by atoms with E-state index in [1.807, 2.05) is 12.1 Å². The second kappa shape index (κ2) is 11.6. The lowest BCUT2D eigenvalue weighted by Crippen LogP contribution is -2.42. The third kappa shape index (κ3) is 6.76. The van der Waals surface area contributed by atoms with Crippen molar-refractivity contribution in [3.63, 3.8) is 0 Å². The molecule has 0 saturated heterocycles. The molecular weight excluding hydrogens is 446 g/mol. The van der Waals surface area contributed by atoms with E-state index < -0.39 is 0 Å². The number of fused-ring (bicyclic) bond motifs is 1. The number of ether oxygens (including phenoxy) is 3. The van der Waals surface area contributed by atoms with Crippen molar-refractivity contribution in [3.8, 4) is 5.88 Å². The normalized spacial score (nSPS) is 12.0. The quantitative estimate of drug-likeness (QED) is 0.238. The van der Waals surface area contributed by atoms with Gasteiger partial charge in [-0.25, -0.2) is 0 Å². The van der Waals surface area contributed by atoms with Crippen molar-refractivity contribution in [1.29, 1.82) is 0 Å². The highest BCUT2D eigenvalue weighted by Crippen LogP contribution is 2.25. The predicted octanol–water partition coefficient (Wildman–Crippen LogP) is 3.51. The SMILES string of the molecule is CCC(CC)Oc1ccc2n[n+](CC(=O)c3cc(COCCOC)cc(C(C)(C)C)c3)c(N)n2n1. The summed E-state index contributed by atoms with van der Waals surface area (Å²) in [6.45, 7) is 11.9. The molecule has 9 heteroatoms. The average Bonchev–Trinajstić information content (AvgIpc) is 3.14. The van der Waals surface area contributed by atoms with Crippen molar-refractivity contribution in [2.24, 2.45) is 0 Å². The molecule has 2 heterocycles. The largest absolute Gasteiger partial charge is 0.472 e. The van der Waals surface area contributed by atoms with E-state index in [0.717, 1.165) is 24.0 Å². The van der Waals surface area contributed by atoms with Crippen LogP contribution < -0.4 is 15.2 Å². The molecule has 0 aliphatic heterocycles. The average molecular weight is 485 g/mol. The second-order valence-electron chi connectivity index (χ2n) is 9.65. The zero-order chi connectivity index (χ0) is 25.6. The van der Waals surface area contributed by atoms with Gasteiger partial charge in [-0.2, -0.15) is 0 Å². The number of anilines is 1. The van der Waals surface area contributed by atoms with Gasteiger partial charge in [0.2, 0.25) is 5.88 Å². The van der Waals surface area contributed by atoms with Gasteiger partial charge in [-0.15, -0.1) is 4.68 Å². The minimum atomic E-state index is -0.123.